The molecule has 2 aliphatic heterocycles. The van der Waals surface area contributed by atoms with Crippen LogP contribution in [0.2, 0.25) is 0 Å². The van der Waals surface area contributed by atoms with Crippen molar-refractivity contribution < 1.29 is 28.7 Å². The number of imide groups is 2. The summed E-state index contributed by atoms with van der Waals surface area (Å²) < 4.78 is 5.04. The number of amides is 6. The number of ether oxygens (including phenoxy) is 1. The highest BCUT2D eigenvalue weighted by Gasteiger charge is 2.50. The molecule has 2 aliphatic rings. The largest absolute Gasteiger partial charge is 0.451 e. The van der Waals surface area contributed by atoms with Crippen LogP contribution in [-0.4, -0.2) is 70.9 Å². The van der Waals surface area contributed by atoms with E-state index >= 15 is 0 Å². The van der Waals surface area contributed by atoms with E-state index in [0.29, 0.717) is 32.2 Å². The average molecular weight is 382 g/mol. The molecule has 0 saturated carbocycles. The van der Waals surface area contributed by atoms with E-state index in [1.165, 1.54) is 6.92 Å². The summed E-state index contributed by atoms with van der Waals surface area (Å²) in [5.74, 6) is -1.99. The Morgan fingerprint density at radius 1 is 1.15 bits per heavy atom. The number of nitrogens with zero attached hydrogens (tertiary/aromatic N) is 2. The number of carbonyl (C=O) groups is 5. The van der Waals surface area contributed by atoms with Crippen molar-refractivity contribution in [2.75, 3.05) is 19.6 Å². The van der Waals surface area contributed by atoms with Gasteiger partial charge >= 0.3 is 18.0 Å². The first-order chi connectivity index (χ1) is 12.8. The maximum absolute atomic E-state index is 12.7. The first-order valence-electron chi connectivity index (χ1n) is 9.18. The summed E-state index contributed by atoms with van der Waals surface area (Å²) >= 11 is 0. The molecule has 2 heterocycles. The predicted molar refractivity (Wildman–Crippen MR) is 93.5 cm³/mol. The summed E-state index contributed by atoms with van der Waals surface area (Å²) in [7, 11) is 0. The third-order valence-corrected chi connectivity index (χ3v) is 4.67. The summed E-state index contributed by atoms with van der Waals surface area (Å²) in [6, 6.07) is -1.18. The van der Waals surface area contributed by atoms with Crippen LogP contribution in [0.3, 0.4) is 0 Å². The van der Waals surface area contributed by atoms with E-state index in [0.717, 1.165) is 9.80 Å². The van der Waals surface area contributed by atoms with Crippen LogP contribution in [0.1, 0.15) is 46.5 Å². The van der Waals surface area contributed by atoms with Gasteiger partial charge in [0.1, 0.15) is 12.1 Å². The monoisotopic (exact) mass is 382 g/mol. The van der Waals surface area contributed by atoms with Gasteiger partial charge < -0.3 is 15.4 Å². The van der Waals surface area contributed by atoms with E-state index < -0.39 is 48.0 Å². The molecule has 2 saturated heterocycles. The fourth-order valence-electron chi connectivity index (χ4n) is 3.45. The van der Waals surface area contributed by atoms with Crippen LogP contribution in [0.4, 0.5) is 9.59 Å². The average Bonchev–Trinajstić information content (AvgIpc) is 3.12. The van der Waals surface area contributed by atoms with Gasteiger partial charge in [-0.1, -0.05) is 26.7 Å². The van der Waals surface area contributed by atoms with Gasteiger partial charge in [0.05, 0.1) is 0 Å². The fourth-order valence-corrected chi connectivity index (χ4v) is 3.45. The molecule has 10 heteroatoms. The Morgan fingerprint density at radius 2 is 1.78 bits per heavy atom. The molecule has 0 aromatic heterocycles. The number of rotatable bonds is 8. The molecular weight excluding hydrogens is 356 g/mol. The number of hydrogen-bond donors (Lipinski definition) is 2. The summed E-state index contributed by atoms with van der Waals surface area (Å²) in [5, 5.41) is 5.18. The number of nitrogens with one attached hydrogen (secondary N) is 2. The first-order valence-corrected chi connectivity index (χ1v) is 9.18. The Bertz CT molecular complexity index is 643. The van der Waals surface area contributed by atoms with E-state index in [1.807, 2.05) is 13.8 Å². The van der Waals surface area contributed by atoms with Crippen LogP contribution in [0.5, 0.6) is 0 Å². The normalized spacial score (nSPS) is 19.7. The van der Waals surface area contributed by atoms with E-state index in [2.05, 4.69) is 10.6 Å². The van der Waals surface area contributed by atoms with Gasteiger partial charge in [0.2, 0.25) is 0 Å². The quantitative estimate of drug-likeness (QED) is 0.461. The Hall–Kier alpha value is -2.65. The van der Waals surface area contributed by atoms with Crippen molar-refractivity contribution in [3.63, 3.8) is 0 Å². The second kappa shape index (κ2) is 8.36. The zero-order valence-electron chi connectivity index (χ0n) is 15.9. The lowest BCUT2D eigenvalue weighted by atomic mass is 9.88. The SMILES string of the molecule is CCCC1(CCC)NC(=O)N(CC(=O)O[C@@H](C)C(=O)N2CCNC2=O)C1=O. The zero-order chi connectivity index (χ0) is 20.2. The third kappa shape index (κ3) is 4.20. The summed E-state index contributed by atoms with van der Waals surface area (Å²) in [5.41, 5.74) is -0.990. The molecule has 6 amide bonds. The Kier molecular flexibility index (Phi) is 6.40. The highest BCUT2D eigenvalue weighted by atomic mass is 16.5. The smallest absolute Gasteiger partial charge is 0.327 e. The minimum absolute atomic E-state index is 0.198. The lowest BCUT2D eigenvalue weighted by molar-refractivity contribution is -0.159. The summed E-state index contributed by atoms with van der Waals surface area (Å²) in [6.45, 7) is 5.12. The van der Waals surface area contributed by atoms with Gasteiger partial charge in [-0.15, -0.1) is 0 Å². The van der Waals surface area contributed by atoms with Gasteiger partial charge in [-0.2, -0.15) is 0 Å². The minimum atomic E-state index is -1.20. The zero-order valence-corrected chi connectivity index (χ0v) is 15.9. The second-order valence-corrected chi connectivity index (χ2v) is 6.76. The predicted octanol–water partition coefficient (Wildman–Crippen LogP) is 0.361. The molecule has 0 radical (unpaired) electrons. The van der Waals surface area contributed by atoms with Crippen LogP contribution in [0.25, 0.3) is 0 Å². The van der Waals surface area contributed by atoms with Gasteiger partial charge in [0.25, 0.3) is 11.8 Å². The molecule has 1 atom stereocenters. The molecule has 0 aliphatic carbocycles. The van der Waals surface area contributed by atoms with E-state index in [4.69, 9.17) is 4.74 Å². The topological polar surface area (TPSA) is 125 Å². The van der Waals surface area contributed by atoms with Crippen molar-refractivity contribution in [2.24, 2.45) is 0 Å². The van der Waals surface area contributed by atoms with Gasteiger partial charge in [0.15, 0.2) is 6.10 Å². The molecule has 0 spiro atoms. The van der Waals surface area contributed by atoms with Gasteiger partial charge in [0, 0.05) is 13.1 Å². The highest BCUT2D eigenvalue weighted by Crippen LogP contribution is 2.28. The number of carbonyl (C=O) groups excluding carboxylic acids is 5. The van der Waals surface area contributed by atoms with Crippen molar-refractivity contribution in [1.82, 2.24) is 20.4 Å². The molecule has 0 unspecified atom stereocenters. The highest BCUT2D eigenvalue weighted by molar-refractivity contribution is 6.08. The summed E-state index contributed by atoms with van der Waals surface area (Å²) in [6.07, 6.45) is 1.17. The molecule has 150 valence electrons. The van der Waals surface area contributed by atoms with E-state index in [-0.39, 0.29) is 6.54 Å². The van der Waals surface area contributed by atoms with Crippen LogP contribution in [-0.2, 0) is 19.1 Å². The van der Waals surface area contributed by atoms with Crippen molar-refractivity contribution >= 4 is 29.8 Å². The van der Waals surface area contributed by atoms with Crippen molar-refractivity contribution in [3.05, 3.63) is 0 Å². The molecular formula is C17H26N4O6. The van der Waals surface area contributed by atoms with Crippen molar-refractivity contribution in [3.8, 4) is 0 Å². The lowest BCUT2D eigenvalue weighted by Gasteiger charge is -2.25. The number of hydrogen-bond acceptors (Lipinski definition) is 6. The van der Waals surface area contributed by atoms with Crippen LogP contribution >= 0.6 is 0 Å². The maximum Gasteiger partial charge on any atom is 0.327 e. The number of urea groups is 2. The van der Waals surface area contributed by atoms with Crippen molar-refractivity contribution in [2.45, 2.75) is 58.1 Å². The van der Waals surface area contributed by atoms with E-state index in [1.54, 1.807) is 0 Å². The Balaban J connectivity index is 1.98. The molecule has 2 N–H and O–H groups in total. The van der Waals surface area contributed by atoms with Gasteiger partial charge in [-0.05, 0) is 19.8 Å². The van der Waals surface area contributed by atoms with Crippen molar-refractivity contribution in [1.29, 1.82) is 0 Å². The molecule has 2 rings (SSSR count). The molecule has 27 heavy (non-hydrogen) atoms. The number of esters is 1. The van der Waals surface area contributed by atoms with Gasteiger partial charge in [-0.25, -0.2) is 9.59 Å². The molecule has 0 aromatic carbocycles. The van der Waals surface area contributed by atoms with Crippen LogP contribution < -0.4 is 10.6 Å². The van der Waals surface area contributed by atoms with Gasteiger partial charge in [-0.3, -0.25) is 24.2 Å². The maximum atomic E-state index is 12.7. The lowest BCUT2D eigenvalue weighted by Crippen LogP contribution is -2.47. The molecule has 0 aromatic rings. The summed E-state index contributed by atoms with van der Waals surface area (Å²) in [4.78, 5) is 62.6. The molecule has 2 fully saturated rings. The Morgan fingerprint density at radius 3 is 2.30 bits per heavy atom. The second-order valence-electron chi connectivity index (χ2n) is 6.76. The molecule has 10 nitrogen and oxygen atoms in total. The standard InChI is InChI=1S/C17H26N4O6/c1-4-6-17(7-5-2)14(24)21(16(26)19-17)10-12(22)27-11(3)13(23)20-9-8-18-15(20)25/h11H,4-10H2,1-3H3,(H,18,25)(H,19,26)/t11-/m0/s1. The Labute approximate surface area is 157 Å². The first kappa shape index (κ1) is 20.7. The van der Waals surface area contributed by atoms with E-state index in [9.17, 15) is 24.0 Å². The van der Waals surface area contributed by atoms with Crippen LogP contribution in [0.15, 0.2) is 0 Å². The van der Waals surface area contributed by atoms with Crippen LogP contribution in [0, 0.1) is 0 Å². The fraction of sp³-hybridized carbons (Fsp3) is 0.706. The third-order valence-electron chi connectivity index (χ3n) is 4.67. The minimum Gasteiger partial charge on any atom is -0.451 e. The molecule has 0 bridgehead atoms.